The molecule has 0 saturated heterocycles. The third-order valence-corrected chi connectivity index (χ3v) is 6.90. The molecule has 8 heteroatoms. The summed E-state index contributed by atoms with van der Waals surface area (Å²) in [4.78, 5) is 12.3. The van der Waals surface area contributed by atoms with Crippen LogP contribution in [0.15, 0.2) is 59.5 Å². The molecule has 0 radical (unpaired) electrons. The van der Waals surface area contributed by atoms with E-state index in [0.717, 1.165) is 22.3 Å². The van der Waals surface area contributed by atoms with Gasteiger partial charge in [-0.05, 0) is 86.8 Å². The zero-order valence-corrected chi connectivity index (χ0v) is 19.9. The summed E-state index contributed by atoms with van der Waals surface area (Å²) in [5, 5.41) is 3.34. The fourth-order valence-corrected chi connectivity index (χ4v) is 4.44. The Labute approximate surface area is 193 Å². The summed E-state index contributed by atoms with van der Waals surface area (Å²) in [6.45, 7) is 7.37. The van der Waals surface area contributed by atoms with Crippen molar-refractivity contribution < 1.29 is 17.9 Å². The summed E-state index contributed by atoms with van der Waals surface area (Å²) < 4.78 is 33.6. The Balaban J connectivity index is 1.62. The predicted molar refractivity (Wildman–Crippen MR) is 128 cm³/mol. The smallest absolute Gasteiger partial charge is 0.262 e. The molecule has 0 spiro atoms. The Morgan fingerprint density at radius 1 is 0.938 bits per heavy atom. The molecule has 0 atom stereocenters. The number of hydrogen-bond donors (Lipinski definition) is 2. The summed E-state index contributed by atoms with van der Waals surface area (Å²) in [5.74, 6) is 0.224. The minimum absolute atomic E-state index is 0.0963. The van der Waals surface area contributed by atoms with Crippen LogP contribution in [0, 0.1) is 27.7 Å². The zero-order chi connectivity index (χ0) is 23.5. The molecule has 0 unspecified atom stereocenters. The van der Waals surface area contributed by atoms with Gasteiger partial charge >= 0.3 is 0 Å². The second-order valence-corrected chi connectivity index (χ2v) is 9.67. The predicted octanol–water partition coefficient (Wildman–Crippen LogP) is 5.39. The third-order valence-electron chi connectivity index (χ3n) is 5.10. The quantitative estimate of drug-likeness (QED) is 0.482. The molecule has 1 amide bonds. The topological polar surface area (TPSA) is 84.5 Å². The van der Waals surface area contributed by atoms with Gasteiger partial charge in [-0.2, -0.15) is 0 Å². The van der Waals surface area contributed by atoms with E-state index in [0.29, 0.717) is 22.1 Å². The van der Waals surface area contributed by atoms with Gasteiger partial charge in [0.2, 0.25) is 0 Å². The average Bonchev–Trinajstić information content (AvgIpc) is 2.74. The normalized spacial score (nSPS) is 11.2. The van der Waals surface area contributed by atoms with Gasteiger partial charge in [-0.3, -0.25) is 9.52 Å². The number of rotatable bonds is 7. The van der Waals surface area contributed by atoms with Crippen molar-refractivity contribution in [3.05, 3.63) is 81.9 Å². The number of carbonyl (C=O) groups is 1. The van der Waals surface area contributed by atoms with E-state index in [1.54, 1.807) is 18.2 Å². The van der Waals surface area contributed by atoms with E-state index in [-0.39, 0.29) is 17.4 Å². The van der Waals surface area contributed by atoms with Gasteiger partial charge in [0.1, 0.15) is 5.75 Å². The monoisotopic (exact) mass is 472 g/mol. The number of hydrogen-bond acceptors (Lipinski definition) is 4. The highest BCUT2D eigenvalue weighted by Crippen LogP contribution is 2.27. The Morgan fingerprint density at radius 2 is 1.62 bits per heavy atom. The maximum absolute atomic E-state index is 12.7. The maximum atomic E-state index is 12.7. The molecule has 3 aromatic rings. The standard InChI is InChI=1S/C24H25ClN2O4S/c1-15-5-11-22(16(2)13-15)27-32(29,30)20-8-6-19(7-9-20)26-24(28)14-31-23-12-10-21(25)17(3)18(23)4/h5-13,27H,14H2,1-4H3,(H,26,28). The highest BCUT2D eigenvalue weighted by atomic mass is 35.5. The number of nitrogens with one attached hydrogen (secondary N) is 2. The van der Waals surface area contributed by atoms with Gasteiger partial charge in [0.05, 0.1) is 10.6 Å². The van der Waals surface area contributed by atoms with Crippen molar-refractivity contribution in [1.82, 2.24) is 0 Å². The molecule has 0 heterocycles. The molecular formula is C24H25ClN2O4S. The second-order valence-electron chi connectivity index (χ2n) is 7.58. The first-order valence-electron chi connectivity index (χ1n) is 9.95. The van der Waals surface area contributed by atoms with Crippen LogP contribution in [0.5, 0.6) is 5.75 Å². The Morgan fingerprint density at radius 3 is 2.28 bits per heavy atom. The van der Waals surface area contributed by atoms with Crippen LogP contribution in [0.3, 0.4) is 0 Å². The summed E-state index contributed by atoms with van der Waals surface area (Å²) in [6, 6.07) is 14.9. The molecule has 0 aliphatic carbocycles. The van der Waals surface area contributed by atoms with Crippen LogP contribution in [0.2, 0.25) is 5.02 Å². The number of halogens is 1. The van der Waals surface area contributed by atoms with Crippen molar-refractivity contribution in [2.45, 2.75) is 32.6 Å². The van der Waals surface area contributed by atoms with Crippen molar-refractivity contribution in [2.24, 2.45) is 0 Å². The fourth-order valence-electron chi connectivity index (χ4n) is 3.11. The molecule has 3 rings (SSSR count). The minimum atomic E-state index is -3.75. The number of anilines is 2. The summed E-state index contributed by atoms with van der Waals surface area (Å²) in [7, 11) is -3.75. The molecule has 0 saturated carbocycles. The van der Waals surface area contributed by atoms with E-state index in [4.69, 9.17) is 16.3 Å². The molecule has 0 aliphatic heterocycles. The van der Waals surface area contributed by atoms with Crippen molar-refractivity contribution in [1.29, 1.82) is 0 Å². The first-order valence-corrected chi connectivity index (χ1v) is 11.8. The fraction of sp³-hybridized carbons (Fsp3) is 0.208. The van der Waals surface area contributed by atoms with E-state index in [9.17, 15) is 13.2 Å². The van der Waals surface area contributed by atoms with Crippen molar-refractivity contribution in [3.63, 3.8) is 0 Å². The molecule has 168 valence electrons. The zero-order valence-electron chi connectivity index (χ0n) is 18.3. The van der Waals surface area contributed by atoms with Crippen molar-refractivity contribution >= 4 is 38.9 Å². The second kappa shape index (κ2) is 9.63. The van der Waals surface area contributed by atoms with Gasteiger partial charge in [0.15, 0.2) is 6.61 Å². The van der Waals surface area contributed by atoms with Crippen LogP contribution in [0.4, 0.5) is 11.4 Å². The lowest BCUT2D eigenvalue weighted by molar-refractivity contribution is -0.118. The number of ether oxygens (including phenoxy) is 1. The SMILES string of the molecule is Cc1ccc(NS(=O)(=O)c2ccc(NC(=O)COc3ccc(Cl)c(C)c3C)cc2)c(C)c1. The molecule has 0 aromatic heterocycles. The molecule has 32 heavy (non-hydrogen) atoms. The summed E-state index contributed by atoms with van der Waals surface area (Å²) >= 11 is 6.08. The van der Waals surface area contributed by atoms with Gasteiger partial charge in [0, 0.05) is 10.7 Å². The van der Waals surface area contributed by atoms with Crippen LogP contribution in [0.1, 0.15) is 22.3 Å². The van der Waals surface area contributed by atoms with Gasteiger partial charge in [-0.1, -0.05) is 29.3 Å². The molecule has 6 nitrogen and oxygen atoms in total. The van der Waals surface area contributed by atoms with Crippen LogP contribution in [0.25, 0.3) is 0 Å². The first-order chi connectivity index (χ1) is 15.1. The molecule has 0 aliphatic rings. The first kappa shape index (κ1) is 23.6. The maximum Gasteiger partial charge on any atom is 0.262 e. The highest BCUT2D eigenvalue weighted by molar-refractivity contribution is 7.92. The van der Waals surface area contributed by atoms with E-state index < -0.39 is 10.0 Å². The van der Waals surface area contributed by atoms with Crippen molar-refractivity contribution in [3.8, 4) is 5.75 Å². The summed E-state index contributed by atoms with van der Waals surface area (Å²) in [6.07, 6.45) is 0. The molecule has 2 N–H and O–H groups in total. The number of amides is 1. The van der Waals surface area contributed by atoms with Crippen LogP contribution >= 0.6 is 11.6 Å². The lowest BCUT2D eigenvalue weighted by Crippen LogP contribution is -2.20. The van der Waals surface area contributed by atoms with E-state index in [1.165, 1.54) is 24.3 Å². The van der Waals surface area contributed by atoms with Gasteiger partial charge in [0.25, 0.3) is 15.9 Å². The number of benzene rings is 3. The molecular weight excluding hydrogens is 448 g/mol. The van der Waals surface area contributed by atoms with E-state index >= 15 is 0 Å². The van der Waals surface area contributed by atoms with Crippen LogP contribution < -0.4 is 14.8 Å². The van der Waals surface area contributed by atoms with Gasteiger partial charge < -0.3 is 10.1 Å². The molecule has 0 fully saturated rings. The number of aryl methyl sites for hydroxylation is 2. The van der Waals surface area contributed by atoms with E-state index in [2.05, 4.69) is 10.0 Å². The largest absolute Gasteiger partial charge is 0.483 e. The Bertz CT molecular complexity index is 1260. The number of carbonyl (C=O) groups excluding carboxylic acids is 1. The Kier molecular flexibility index (Phi) is 7.11. The minimum Gasteiger partial charge on any atom is -0.483 e. The van der Waals surface area contributed by atoms with Gasteiger partial charge in [-0.15, -0.1) is 0 Å². The third kappa shape index (κ3) is 5.60. The lowest BCUT2D eigenvalue weighted by Gasteiger charge is -2.13. The highest BCUT2D eigenvalue weighted by Gasteiger charge is 2.16. The molecule has 3 aromatic carbocycles. The van der Waals surface area contributed by atoms with Gasteiger partial charge in [-0.25, -0.2) is 8.42 Å². The lowest BCUT2D eigenvalue weighted by atomic mass is 10.1. The number of sulfonamides is 1. The Hall–Kier alpha value is -3.03. The van der Waals surface area contributed by atoms with Crippen molar-refractivity contribution in [2.75, 3.05) is 16.6 Å². The average molecular weight is 473 g/mol. The van der Waals surface area contributed by atoms with Crippen LogP contribution in [-0.2, 0) is 14.8 Å². The van der Waals surface area contributed by atoms with Crippen LogP contribution in [-0.4, -0.2) is 20.9 Å². The molecule has 0 bridgehead atoms. The summed E-state index contributed by atoms with van der Waals surface area (Å²) in [5.41, 5.74) is 4.65. The van der Waals surface area contributed by atoms with E-state index in [1.807, 2.05) is 39.8 Å².